The van der Waals surface area contributed by atoms with E-state index in [-0.39, 0.29) is 11.2 Å². The van der Waals surface area contributed by atoms with E-state index in [1.54, 1.807) is 30.5 Å². The van der Waals surface area contributed by atoms with Crippen LogP contribution in [0.1, 0.15) is 5.56 Å². The summed E-state index contributed by atoms with van der Waals surface area (Å²) in [6.07, 6.45) is 1.65. The number of benzene rings is 1. The van der Waals surface area contributed by atoms with Gasteiger partial charge in [-0.15, -0.1) is 0 Å². The Morgan fingerprint density at radius 1 is 1.28 bits per heavy atom. The molecule has 2 aromatic rings. The molecule has 2 rings (SSSR count). The Labute approximate surface area is 111 Å². The Morgan fingerprint density at radius 3 is 2.72 bits per heavy atom. The fourth-order valence-electron chi connectivity index (χ4n) is 1.58. The third-order valence-electron chi connectivity index (χ3n) is 2.46. The molecule has 0 atom stereocenters. The van der Waals surface area contributed by atoms with Crippen LogP contribution < -0.4 is 5.56 Å². The number of hydrogen-bond acceptors (Lipinski definition) is 3. The zero-order valence-electron chi connectivity index (χ0n) is 9.25. The van der Waals surface area contributed by atoms with Gasteiger partial charge in [0, 0.05) is 18.3 Å². The van der Waals surface area contributed by atoms with Crippen molar-refractivity contribution in [1.82, 2.24) is 4.57 Å². The molecule has 0 N–H and O–H groups in total. The third-order valence-corrected chi connectivity index (χ3v) is 3.13. The second kappa shape index (κ2) is 5.14. The summed E-state index contributed by atoms with van der Waals surface area (Å²) in [5.74, 6) is 0. The van der Waals surface area contributed by atoms with Crippen molar-refractivity contribution in [3.63, 3.8) is 0 Å². The fraction of sp³-hybridized carbons (Fsp3) is 0.0833. The summed E-state index contributed by atoms with van der Waals surface area (Å²) >= 11 is 3.12. The minimum absolute atomic E-state index is 0.00326. The maximum atomic E-state index is 11.5. The average Bonchev–Trinajstić information content (AvgIpc) is 2.34. The number of pyridine rings is 1. The Morgan fingerprint density at radius 2 is 2.06 bits per heavy atom. The summed E-state index contributed by atoms with van der Waals surface area (Å²) in [5, 5.41) is 10.8. The molecule has 18 heavy (non-hydrogen) atoms. The molecular weight excluding hydrogens is 300 g/mol. The van der Waals surface area contributed by atoms with Gasteiger partial charge in [0.15, 0.2) is 0 Å². The van der Waals surface area contributed by atoms with E-state index >= 15 is 0 Å². The van der Waals surface area contributed by atoms with Gasteiger partial charge in [-0.3, -0.25) is 14.9 Å². The highest BCUT2D eigenvalue weighted by Crippen LogP contribution is 2.25. The number of nitro benzene ring substituents is 1. The molecule has 1 heterocycles. The van der Waals surface area contributed by atoms with E-state index < -0.39 is 4.92 Å². The van der Waals surface area contributed by atoms with Crippen LogP contribution in [0, 0.1) is 10.1 Å². The summed E-state index contributed by atoms with van der Waals surface area (Å²) in [7, 11) is 0. The highest BCUT2D eigenvalue weighted by atomic mass is 79.9. The van der Waals surface area contributed by atoms with Gasteiger partial charge in [0.1, 0.15) is 0 Å². The molecule has 0 fully saturated rings. The van der Waals surface area contributed by atoms with E-state index in [2.05, 4.69) is 15.9 Å². The van der Waals surface area contributed by atoms with Crippen molar-refractivity contribution in [2.45, 2.75) is 6.54 Å². The van der Waals surface area contributed by atoms with E-state index in [9.17, 15) is 14.9 Å². The first-order chi connectivity index (χ1) is 8.58. The standard InChI is InChI=1S/C12H9BrN2O3/c13-10-5-4-9(7-11(10)15(17)18)8-14-6-2-1-3-12(14)16/h1-7H,8H2. The molecule has 1 aromatic carbocycles. The maximum absolute atomic E-state index is 11.5. The largest absolute Gasteiger partial charge is 0.311 e. The smallest absolute Gasteiger partial charge is 0.283 e. The monoisotopic (exact) mass is 308 g/mol. The SMILES string of the molecule is O=c1ccccn1Cc1ccc(Br)c([N+](=O)[O-])c1. The van der Waals surface area contributed by atoms with Crippen LogP contribution in [0.4, 0.5) is 5.69 Å². The zero-order valence-corrected chi connectivity index (χ0v) is 10.8. The molecule has 0 bridgehead atoms. The Bertz CT molecular complexity index is 652. The van der Waals surface area contributed by atoms with Crippen molar-refractivity contribution in [2.75, 3.05) is 0 Å². The first kappa shape index (κ1) is 12.5. The molecule has 0 unspecified atom stereocenters. The van der Waals surface area contributed by atoms with Crippen LogP contribution in [-0.2, 0) is 6.54 Å². The molecule has 0 amide bonds. The molecule has 0 aliphatic heterocycles. The number of nitro groups is 1. The lowest BCUT2D eigenvalue weighted by atomic mass is 10.2. The summed E-state index contributed by atoms with van der Waals surface area (Å²) in [6, 6.07) is 9.67. The van der Waals surface area contributed by atoms with Crippen molar-refractivity contribution in [1.29, 1.82) is 0 Å². The lowest BCUT2D eigenvalue weighted by molar-refractivity contribution is -0.385. The summed E-state index contributed by atoms with van der Waals surface area (Å²) in [4.78, 5) is 21.9. The lowest BCUT2D eigenvalue weighted by Gasteiger charge is -2.05. The number of halogens is 1. The van der Waals surface area contributed by atoms with Crippen LogP contribution >= 0.6 is 15.9 Å². The highest BCUT2D eigenvalue weighted by Gasteiger charge is 2.12. The van der Waals surface area contributed by atoms with Crippen molar-refractivity contribution < 1.29 is 4.92 Å². The predicted molar refractivity (Wildman–Crippen MR) is 70.6 cm³/mol. The normalized spacial score (nSPS) is 10.3. The molecule has 1 aromatic heterocycles. The van der Waals surface area contributed by atoms with Gasteiger partial charge in [-0.1, -0.05) is 12.1 Å². The topological polar surface area (TPSA) is 65.1 Å². The quantitative estimate of drug-likeness (QED) is 0.646. The van der Waals surface area contributed by atoms with Crippen LogP contribution in [-0.4, -0.2) is 9.49 Å². The Balaban J connectivity index is 2.36. The summed E-state index contributed by atoms with van der Waals surface area (Å²) in [6.45, 7) is 0.313. The first-order valence-corrected chi connectivity index (χ1v) is 5.95. The van der Waals surface area contributed by atoms with Crippen LogP contribution in [0.15, 0.2) is 51.9 Å². The lowest BCUT2D eigenvalue weighted by Crippen LogP contribution is -2.18. The average molecular weight is 309 g/mol. The van der Waals surface area contributed by atoms with E-state index in [0.717, 1.165) is 0 Å². The second-order valence-electron chi connectivity index (χ2n) is 3.71. The minimum atomic E-state index is -0.457. The predicted octanol–water partition coefficient (Wildman–Crippen LogP) is 2.57. The maximum Gasteiger partial charge on any atom is 0.283 e. The summed E-state index contributed by atoms with van der Waals surface area (Å²) in [5.41, 5.74) is 0.567. The highest BCUT2D eigenvalue weighted by molar-refractivity contribution is 9.10. The van der Waals surface area contributed by atoms with Crippen LogP contribution in [0.25, 0.3) is 0 Å². The number of rotatable bonds is 3. The molecule has 6 heteroatoms. The van der Waals surface area contributed by atoms with Crippen molar-refractivity contribution in [3.05, 3.63) is 73.1 Å². The molecule has 92 valence electrons. The van der Waals surface area contributed by atoms with Gasteiger partial charge >= 0.3 is 0 Å². The minimum Gasteiger partial charge on any atom is -0.311 e. The number of nitrogens with zero attached hydrogens (tertiary/aromatic N) is 2. The molecule has 0 saturated heterocycles. The van der Waals surface area contributed by atoms with E-state index in [0.29, 0.717) is 16.6 Å². The molecule has 5 nitrogen and oxygen atoms in total. The van der Waals surface area contributed by atoms with Crippen LogP contribution in [0.3, 0.4) is 0 Å². The van der Waals surface area contributed by atoms with Crippen LogP contribution in [0.2, 0.25) is 0 Å². The van der Waals surface area contributed by atoms with Gasteiger partial charge in [-0.2, -0.15) is 0 Å². The fourth-order valence-corrected chi connectivity index (χ4v) is 1.98. The number of hydrogen-bond donors (Lipinski definition) is 0. The van der Waals surface area contributed by atoms with Gasteiger partial charge in [0.2, 0.25) is 0 Å². The van der Waals surface area contributed by atoms with E-state index in [4.69, 9.17) is 0 Å². The molecular formula is C12H9BrN2O3. The van der Waals surface area contributed by atoms with Crippen molar-refractivity contribution in [3.8, 4) is 0 Å². The number of aromatic nitrogens is 1. The Kier molecular flexibility index (Phi) is 3.57. The van der Waals surface area contributed by atoms with Crippen molar-refractivity contribution in [2.24, 2.45) is 0 Å². The van der Waals surface area contributed by atoms with Crippen LogP contribution in [0.5, 0.6) is 0 Å². The van der Waals surface area contributed by atoms with Gasteiger partial charge < -0.3 is 4.57 Å². The molecule has 0 spiro atoms. The zero-order chi connectivity index (χ0) is 13.1. The van der Waals surface area contributed by atoms with Gasteiger partial charge in [0.25, 0.3) is 11.2 Å². The van der Waals surface area contributed by atoms with Gasteiger partial charge in [-0.25, -0.2) is 0 Å². The summed E-state index contributed by atoms with van der Waals surface area (Å²) < 4.78 is 1.92. The first-order valence-electron chi connectivity index (χ1n) is 5.16. The molecule has 0 radical (unpaired) electrons. The third kappa shape index (κ3) is 2.65. The Hall–Kier alpha value is -1.95. The second-order valence-corrected chi connectivity index (χ2v) is 4.56. The van der Waals surface area contributed by atoms with E-state index in [1.165, 1.54) is 16.7 Å². The van der Waals surface area contributed by atoms with Gasteiger partial charge in [-0.05, 0) is 33.6 Å². The van der Waals surface area contributed by atoms with E-state index in [1.807, 2.05) is 0 Å². The molecule has 0 aliphatic carbocycles. The molecule has 0 aliphatic rings. The van der Waals surface area contributed by atoms with Gasteiger partial charge in [0.05, 0.1) is 15.9 Å². The molecule has 0 saturated carbocycles. The van der Waals surface area contributed by atoms with Crippen molar-refractivity contribution >= 4 is 21.6 Å².